The molecule has 2 aromatic carbocycles. The topological polar surface area (TPSA) is 40.5 Å². The van der Waals surface area contributed by atoms with Gasteiger partial charge in [0.1, 0.15) is 11.5 Å². The molecule has 2 nitrogen and oxygen atoms in total. The van der Waals surface area contributed by atoms with Crippen LogP contribution in [0.15, 0.2) is 45.3 Å². The number of phenolic OH excluding ortho intramolecular Hbond substituents is 2. The Bertz CT molecular complexity index is 498. The molecule has 4 heteroatoms. The lowest BCUT2D eigenvalue weighted by molar-refractivity contribution is 0.468. The highest BCUT2D eigenvalue weighted by Crippen LogP contribution is 2.36. The Labute approximate surface area is 110 Å². The lowest BCUT2D eigenvalue weighted by Gasteiger charge is -2.06. The van der Waals surface area contributed by atoms with Crippen molar-refractivity contribution in [3.63, 3.8) is 0 Å². The number of benzene rings is 2. The molecule has 0 atom stereocenters. The summed E-state index contributed by atoms with van der Waals surface area (Å²) < 4.78 is 1.26. The summed E-state index contributed by atoms with van der Waals surface area (Å²) in [4.78, 5) is 0. The summed E-state index contributed by atoms with van der Waals surface area (Å²) in [6, 6.07) is 10.5. The fourth-order valence-electron chi connectivity index (χ4n) is 1.39. The fourth-order valence-corrected chi connectivity index (χ4v) is 2.57. The van der Waals surface area contributed by atoms with Crippen LogP contribution in [-0.2, 0) is 0 Å². The molecular formula is C12H8Br2O2. The van der Waals surface area contributed by atoms with Crippen LogP contribution in [0, 0.1) is 0 Å². The second-order valence-electron chi connectivity index (χ2n) is 3.34. The molecule has 0 aliphatic heterocycles. The van der Waals surface area contributed by atoms with E-state index in [1.165, 1.54) is 0 Å². The Morgan fingerprint density at radius 3 is 1.75 bits per heavy atom. The molecule has 0 aliphatic rings. The van der Waals surface area contributed by atoms with E-state index < -0.39 is 0 Å². The minimum Gasteiger partial charge on any atom is -0.508 e. The second-order valence-corrected chi connectivity index (χ2v) is 5.04. The third kappa shape index (κ3) is 2.23. The van der Waals surface area contributed by atoms with Gasteiger partial charge >= 0.3 is 0 Å². The Balaban J connectivity index is 2.52. The summed E-state index contributed by atoms with van der Waals surface area (Å²) in [5, 5.41) is 18.8. The van der Waals surface area contributed by atoms with Crippen molar-refractivity contribution in [2.75, 3.05) is 0 Å². The number of hydrogen-bond acceptors (Lipinski definition) is 2. The van der Waals surface area contributed by atoms with Crippen LogP contribution in [-0.4, -0.2) is 10.2 Å². The average molecular weight is 344 g/mol. The summed E-state index contributed by atoms with van der Waals surface area (Å²) in [5.74, 6) is 0.420. The third-order valence-corrected chi connectivity index (χ3v) is 3.43. The number of hydrogen-bond donors (Lipinski definition) is 2. The predicted octanol–water partition coefficient (Wildman–Crippen LogP) is 4.29. The van der Waals surface area contributed by atoms with Crippen LogP contribution < -0.4 is 0 Å². The molecule has 0 bridgehead atoms. The first-order valence-electron chi connectivity index (χ1n) is 4.55. The van der Waals surface area contributed by atoms with Gasteiger partial charge < -0.3 is 10.2 Å². The number of aromatic hydroxyl groups is 2. The third-order valence-electron chi connectivity index (χ3n) is 2.22. The van der Waals surface area contributed by atoms with E-state index in [2.05, 4.69) is 31.9 Å². The minimum atomic E-state index is 0.183. The van der Waals surface area contributed by atoms with Gasteiger partial charge in [-0.05, 0) is 67.3 Å². The standard InChI is InChI=1S/C12H8Br2O2/c13-10-5-8(6-11(14)12(10)16)7-1-3-9(15)4-2-7/h1-6,15-16H. The summed E-state index contributed by atoms with van der Waals surface area (Å²) >= 11 is 6.56. The molecule has 0 saturated carbocycles. The summed E-state index contributed by atoms with van der Waals surface area (Å²) in [7, 11) is 0. The second kappa shape index (κ2) is 4.47. The molecule has 16 heavy (non-hydrogen) atoms. The smallest absolute Gasteiger partial charge is 0.143 e. The van der Waals surface area contributed by atoms with Crippen molar-refractivity contribution in [2.24, 2.45) is 0 Å². The maximum absolute atomic E-state index is 9.59. The Morgan fingerprint density at radius 1 is 0.750 bits per heavy atom. The first kappa shape index (κ1) is 11.5. The van der Waals surface area contributed by atoms with E-state index in [1.54, 1.807) is 12.1 Å². The molecule has 0 aliphatic carbocycles. The average Bonchev–Trinajstić information content (AvgIpc) is 2.26. The highest BCUT2D eigenvalue weighted by molar-refractivity contribution is 9.11. The molecule has 2 rings (SSSR count). The van der Waals surface area contributed by atoms with Crippen molar-refractivity contribution in [3.05, 3.63) is 45.3 Å². The van der Waals surface area contributed by atoms with Gasteiger partial charge in [-0.15, -0.1) is 0 Å². The van der Waals surface area contributed by atoms with Gasteiger partial charge in [0.15, 0.2) is 0 Å². The van der Waals surface area contributed by atoms with Gasteiger partial charge in [0.05, 0.1) is 8.95 Å². The lowest BCUT2D eigenvalue weighted by atomic mass is 10.1. The van der Waals surface area contributed by atoms with Crippen LogP contribution >= 0.6 is 31.9 Å². The molecule has 0 fully saturated rings. The normalized spacial score (nSPS) is 10.4. The van der Waals surface area contributed by atoms with Crippen LogP contribution in [0.1, 0.15) is 0 Å². The molecule has 2 N–H and O–H groups in total. The van der Waals surface area contributed by atoms with Gasteiger partial charge in [-0.2, -0.15) is 0 Å². The lowest BCUT2D eigenvalue weighted by Crippen LogP contribution is -1.80. The maximum Gasteiger partial charge on any atom is 0.143 e. The molecular weight excluding hydrogens is 336 g/mol. The van der Waals surface area contributed by atoms with Gasteiger partial charge in [0, 0.05) is 0 Å². The number of halogens is 2. The van der Waals surface area contributed by atoms with Crippen molar-refractivity contribution in [1.82, 2.24) is 0 Å². The van der Waals surface area contributed by atoms with Crippen molar-refractivity contribution in [3.8, 4) is 22.6 Å². The van der Waals surface area contributed by atoms with E-state index in [0.29, 0.717) is 8.95 Å². The quantitative estimate of drug-likeness (QED) is 0.810. The van der Waals surface area contributed by atoms with Crippen LogP contribution in [0.4, 0.5) is 0 Å². The molecule has 0 radical (unpaired) electrons. The zero-order chi connectivity index (χ0) is 11.7. The van der Waals surface area contributed by atoms with Crippen LogP contribution in [0.2, 0.25) is 0 Å². The zero-order valence-electron chi connectivity index (χ0n) is 8.11. The SMILES string of the molecule is Oc1ccc(-c2cc(Br)c(O)c(Br)c2)cc1. The van der Waals surface area contributed by atoms with E-state index in [9.17, 15) is 10.2 Å². The van der Waals surface area contributed by atoms with Gasteiger partial charge in [0.2, 0.25) is 0 Å². The van der Waals surface area contributed by atoms with Crippen LogP contribution in [0.25, 0.3) is 11.1 Å². The fraction of sp³-hybridized carbons (Fsp3) is 0. The number of phenols is 2. The van der Waals surface area contributed by atoms with E-state index in [4.69, 9.17) is 0 Å². The molecule has 0 heterocycles. The van der Waals surface area contributed by atoms with Gasteiger partial charge in [0.25, 0.3) is 0 Å². The van der Waals surface area contributed by atoms with Crippen molar-refractivity contribution in [1.29, 1.82) is 0 Å². The summed E-state index contributed by atoms with van der Waals surface area (Å²) in [5.41, 5.74) is 1.93. The Hall–Kier alpha value is -1.00. The Morgan fingerprint density at radius 2 is 1.25 bits per heavy atom. The van der Waals surface area contributed by atoms with Gasteiger partial charge in [-0.3, -0.25) is 0 Å². The maximum atomic E-state index is 9.59. The minimum absolute atomic E-state index is 0.183. The molecule has 0 saturated heterocycles. The highest BCUT2D eigenvalue weighted by Gasteiger charge is 2.07. The van der Waals surface area contributed by atoms with Crippen molar-refractivity contribution >= 4 is 31.9 Å². The molecule has 82 valence electrons. The van der Waals surface area contributed by atoms with Crippen LogP contribution in [0.3, 0.4) is 0 Å². The van der Waals surface area contributed by atoms with Crippen LogP contribution in [0.5, 0.6) is 11.5 Å². The summed E-state index contributed by atoms with van der Waals surface area (Å²) in [6.07, 6.45) is 0. The first-order valence-corrected chi connectivity index (χ1v) is 6.14. The molecule has 0 spiro atoms. The Kier molecular flexibility index (Phi) is 3.21. The van der Waals surface area contributed by atoms with Crippen molar-refractivity contribution in [2.45, 2.75) is 0 Å². The highest BCUT2D eigenvalue weighted by atomic mass is 79.9. The molecule has 0 amide bonds. The van der Waals surface area contributed by atoms with E-state index >= 15 is 0 Å². The molecule has 2 aromatic rings. The van der Waals surface area contributed by atoms with E-state index in [-0.39, 0.29) is 11.5 Å². The summed E-state index contributed by atoms with van der Waals surface area (Å²) in [6.45, 7) is 0. The monoisotopic (exact) mass is 342 g/mol. The van der Waals surface area contributed by atoms with Crippen molar-refractivity contribution < 1.29 is 10.2 Å². The first-order chi connectivity index (χ1) is 7.58. The largest absolute Gasteiger partial charge is 0.508 e. The number of rotatable bonds is 1. The van der Waals surface area contributed by atoms with E-state index in [0.717, 1.165) is 11.1 Å². The zero-order valence-corrected chi connectivity index (χ0v) is 11.3. The van der Waals surface area contributed by atoms with Gasteiger partial charge in [-0.1, -0.05) is 12.1 Å². The molecule has 0 aromatic heterocycles. The van der Waals surface area contributed by atoms with E-state index in [1.807, 2.05) is 24.3 Å². The van der Waals surface area contributed by atoms with Gasteiger partial charge in [-0.25, -0.2) is 0 Å². The predicted molar refractivity (Wildman–Crippen MR) is 70.6 cm³/mol. The molecule has 0 unspecified atom stereocenters.